The highest BCUT2D eigenvalue weighted by atomic mass is 35.5. The summed E-state index contributed by atoms with van der Waals surface area (Å²) in [4.78, 5) is 4.41. The summed E-state index contributed by atoms with van der Waals surface area (Å²) in [6, 6.07) is 11.4. The fraction of sp³-hybridized carbons (Fsp3) is 0.125. The molecule has 0 aliphatic heterocycles. The van der Waals surface area contributed by atoms with E-state index in [4.69, 9.17) is 16.3 Å². The fourth-order valence-electron chi connectivity index (χ4n) is 2.27. The molecule has 4 nitrogen and oxygen atoms in total. The van der Waals surface area contributed by atoms with Gasteiger partial charge in [-0.25, -0.2) is 0 Å². The van der Waals surface area contributed by atoms with E-state index in [1.54, 1.807) is 13.3 Å². The molecule has 3 aromatic rings. The molecule has 3 rings (SSSR count). The van der Waals surface area contributed by atoms with Gasteiger partial charge in [0.05, 0.1) is 17.8 Å². The van der Waals surface area contributed by atoms with Gasteiger partial charge in [0, 0.05) is 23.0 Å². The summed E-state index contributed by atoms with van der Waals surface area (Å²) in [6.45, 7) is 1.98. The predicted octanol–water partition coefficient (Wildman–Crippen LogP) is 4.11. The van der Waals surface area contributed by atoms with Gasteiger partial charge in [-0.05, 0) is 31.2 Å². The average Bonchev–Trinajstić information content (AvgIpc) is 2.90. The number of aryl methyl sites for hydroxylation is 1. The fourth-order valence-corrected chi connectivity index (χ4v) is 2.46. The van der Waals surface area contributed by atoms with Crippen molar-refractivity contribution in [2.24, 2.45) is 0 Å². The van der Waals surface area contributed by atoms with E-state index in [1.165, 1.54) is 0 Å². The smallest absolute Gasteiger partial charge is 0.138 e. The van der Waals surface area contributed by atoms with Crippen LogP contribution in [0.1, 0.15) is 5.69 Å². The van der Waals surface area contributed by atoms with Crippen molar-refractivity contribution in [3.63, 3.8) is 0 Å². The molecule has 0 atom stereocenters. The molecule has 1 aromatic carbocycles. The molecule has 106 valence electrons. The van der Waals surface area contributed by atoms with Crippen LogP contribution in [0.4, 0.5) is 0 Å². The Morgan fingerprint density at radius 2 is 2.05 bits per heavy atom. The van der Waals surface area contributed by atoms with Gasteiger partial charge in [-0.1, -0.05) is 23.7 Å². The number of hydrogen-bond donors (Lipinski definition) is 1. The number of methoxy groups -OCH3 is 1. The first-order valence-corrected chi connectivity index (χ1v) is 6.89. The van der Waals surface area contributed by atoms with E-state index >= 15 is 0 Å². The van der Waals surface area contributed by atoms with Crippen molar-refractivity contribution >= 4 is 11.6 Å². The van der Waals surface area contributed by atoms with Gasteiger partial charge in [0.15, 0.2) is 0 Å². The monoisotopic (exact) mass is 299 g/mol. The Balaban J connectivity index is 2.17. The van der Waals surface area contributed by atoms with Crippen LogP contribution in [0.3, 0.4) is 0 Å². The lowest BCUT2D eigenvalue weighted by Crippen LogP contribution is -1.89. The zero-order valence-corrected chi connectivity index (χ0v) is 12.5. The van der Waals surface area contributed by atoms with Crippen LogP contribution in [0.25, 0.3) is 22.5 Å². The number of nitrogens with one attached hydrogen (secondary N) is 1. The van der Waals surface area contributed by atoms with Crippen LogP contribution >= 0.6 is 11.6 Å². The maximum atomic E-state index is 6.08. The van der Waals surface area contributed by atoms with Crippen molar-refractivity contribution in [3.05, 3.63) is 53.3 Å². The Kier molecular flexibility index (Phi) is 3.62. The van der Waals surface area contributed by atoms with E-state index in [2.05, 4.69) is 15.2 Å². The van der Waals surface area contributed by atoms with Crippen LogP contribution in [0.2, 0.25) is 5.02 Å². The molecule has 0 aliphatic carbocycles. The summed E-state index contributed by atoms with van der Waals surface area (Å²) in [5, 5.41) is 8.00. The predicted molar refractivity (Wildman–Crippen MR) is 83.6 cm³/mol. The van der Waals surface area contributed by atoms with Crippen molar-refractivity contribution in [2.75, 3.05) is 7.11 Å². The molecule has 2 heterocycles. The Morgan fingerprint density at radius 3 is 2.76 bits per heavy atom. The summed E-state index contributed by atoms with van der Waals surface area (Å²) in [6.07, 6.45) is 1.77. The van der Waals surface area contributed by atoms with Crippen molar-refractivity contribution in [3.8, 4) is 28.3 Å². The molecule has 1 N–H and O–H groups in total. The molecule has 0 saturated heterocycles. The Labute approximate surface area is 127 Å². The second kappa shape index (κ2) is 5.58. The normalized spacial score (nSPS) is 10.6. The van der Waals surface area contributed by atoms with Crippen LogP contribution in [0, 0.1) is 6.92 Å². The summed E-state index contributed by atoms with van der Waals surface area (Å²) >= 11 is 6.08. The van der Waals surface area contributed by atoms with Crippen LogP contribution in [-0.4, -0.2) is 22.3 Å². The van der Waals surface area contributed by atoms with E-state index < -0.39 is 0 Å². The highest BCUT2D eigenvalue weighted by Crippen LogP contribution is 2.35. The van der Waals surface area contributed by atoms with E-state index in [1.807, 2.05) is 43.3 Å². The molecule has 0 amide bonds. The number of aromatic amines is 1. The minimum Gasteiger partial charge on any atom is -0.495 e. The number of halogens is 1. The lowest BCUT2D eigenvalue weighted by molar-refractivity contribution is 0.415. The van der Waals surface area contributed by atoms with Gasteiger partial charge in [-0.2, -0.15) is 5.10 Å². The molecule has 0 saturated carbocycles. The summed E-state index contributed by atoms with van der Waals surface area (Å²) in [5.41, 5.74) is 4.60. The quantitative estimate of drug-likeness (QED) is 0.792. The van der Waals surface area contributed by atoms with E-state index in [0.29, 0.717) is 10.8 Å². The average molecular weight is 300 g/mol. The molecule has 0 bridgehead atoms. The summed E-state index contributed by atoms with van der Waals surface area (Å²) in [5.74, 6) is 0.627. The molecule has 5 heteroatoms. The lowest BCUT2D eigenvalue weighted by atomic mass is 10.0. The van der Waals surface area contributed by atoms with Gasteiger partial charge in [0.1, 0.15) is 11.4 Å². The van der Waals surface area contributed by atoms with Crippen LogP contribution in [0.5, 0.6) is 5.75 Å². The number of benzene rings is 1. The SMILES string of the molecule is COc1cc(-c2n[nH]c(C)c2-c2ccccn2)ccc1Cl. The number of ether oxygens (including phenoxy) is 1. The Bertz CT molecular complexity index is 768. The number of H-pyrrole nitrogens is 1. The third kappa shape index (κ3) is 2.50. The number of pyridine rings is 1. The zero-order chi connectivity index (χ0) is 14.8. The Morgan fingerprint density at radius 1 is 1.19 bits per heavy atom. The third-order valence-corrected chi connectivity index (χ3v) is 3.61. The molecule has 0 spiro atoms. The van der Waals surface area contributed by atoms with E-state index in [-0.39, 0.29) is 0 Å². The molecule has 21 heavy (non-hydrogen) atoms. The van der Waals surface area contributed by atoms with E-state index in [9.17, 15) is 0 Å². The standard InChI is InChI=1S/C16H14ClN3O/c1-10-15(13-5-3-4-8-18-13)16(20-19-10)11-6-7-12(17)14(9-11)21-2/h3-9H,1-2H3,(H,19,20). The van der Waals surface area contributed by atoms with Crippen molar-refractivity contribution in [1.82, 2.24) is 15.2 Å². The first kappa shape index (κ1) is 13.6. The van der Waals surface area contributed by atoms with Gasteiger partial charge in [-0.15, -0.1) is 0 Å². The second-order valence-electron chi connectivity index (χ2n) is 4.64. The van der Waals surface area contributed by atoms with Crippen LogP contribution in [0.15, 0.2) is 42.6 Å². The minimum absolute atomic E-state index is 0.577. The minimum atomic E-state index is 0.577. The van der Waals surface area contributed by atoms with Crippen molar-refractivity contribution < 1.29 is 4.74 Å². The van der Waals surface area contributed by atoms with Gasteiger partial charge in [-0.3, -0.25) is 10.1 Å². The topological polar surface area (TPSA) is 50.8 Å². The zero-order valence-electron chi connectivity index (χ0n) is 11.7. The number of nitrogens with zero attached hydrogens (tertiary/aromatic N) is 2. The van der Waals surface area contributed by atoms with Gasteiger partial charge >= 0.3 is 0 Å². The van der Waals surface area contributed by atoms with Gasteiger partial charge < -0.3 is 4.74 Å². The maximum absolute atomic E-state index is 6.08. The summed E-state index contributed by atoms with van der Waals surface area (Å²) in [7, 11) is 1.60. The molecule has 0 radical (unpaired) electrons. The van der Waals surface area contributed by atoms with Crippen LogP contribution < -0.4 is 4.74 Å². The first-order chi connectivity index (χ1) is 10.2. The molecule has 0 fully saturated rings. The molecule has 0 unspecified atom stereocenters. The number of aromatic nitrogens is 3. The second-order valence-corrected chi connectivity index (χ2v) is 5.04. The largest absolute Gasteiger partial charge is 0.495 e. The summed E-state index contributed by atoms with van der Waals surface area (Å²) < 4.78 is 5.27. The molecule has 2 aromatic heterocycles. The molecular formula is C16H14ClN3O. The van der Waals surface area contributed by atoms with Crippen LogP contribution in [-0.2, 0) is 0 Å². The maximum Gasteiger partial charge on any atom is 0.138 e. The van der Waals surface area contributed by atoms with Gasteiger partial charge in [0.2, 0.25) is 0 Å². The Hall–Kier alpha value is -2.33. The highest BCUT2D eigenvalue weighted by Gasteiger charge is 2.16. The number of rotatable bonds is 3. The third-order valence-electron chi connectivity index (χ3n) is 3.29. The first-order valence-electron chi connectivity index (χ1n) is 6.51. The van der Waals surface area contributed by atoms with E-state index in [0.717, 1.165) is 28.2 Å². The molecular weight excluding hydrogens is 286 g/mol. The lowest BCUT2D eigenvalue weighted by Gasteiger charge is -2.07. The van der Waals surface area contributed by atoms with Crippen molar-refractivity contribution in [2.45, 2.75) is 6.92 Å². The highest BCUT2D eigenvalue weighted by molar-refractivity contribution is 6.32. The van der Waals surface area contributed by atoms with Gasteiger partial charge in [0.25, 0.3) is 0 Å². The molecule has 0 aliphatic rings. The van der Waals surface area contributed by atoms with Crippen molar-refractivity contribution in [1.29, 1.82) is 0 Å². The number of hydrogen-bond acceptors (Lipinski definition) is 3.